The maximum atomic E-state index is 13.5. The van der Waals surface area contributed by atoms with E-state index in [1.807, 2.05) is 7.05 Å². The molecule has 1 saturated carbocycles. The number of benzene rings is 1. The Morgan fingerprint density at radius 1 is 1.53 bits per heavy atom. The second kappa shape index (κ2) is 4.45. The van der Waals surface area contributed by atoms with E-state index >= 15 is 0 Å². The molecule has 0 saturated heterocycles. The number of Topliss-reactive ketones (excluding diaryl/α,β-unsaturated/α-hetero) is 1. The zero-order valence-electron chi connectivity index (χ0n) is 10.0. The third kappa shape index (κ3) is 2.17. The van der Waals surface area contributed by atoms with E-state index in [0.29, 0.717) is 12.1 Å². The van der Waals surface area contributed by atoms with Crippen molar-refractivity contribution >= 4 is 5.78 Å². The third-order valence-electron chi connectivity index (χ3n) is 3.26. The first-order valence-corrected chi connectivity index (χ1v) is 5.66. The molecule has 0 spiro atoms. The fourth-order valence-corrected chi connectivity index (χ4v) is 2.09. The van der Waals surface area contributed by atoms with Crippen molar-refractivity contribution in [3.63, 3.8) is 0 Å². The van der Waals surface area contributed by atoms with Gasteiger partial charge in [-0.1, -0.05) is 0 Å². The molecule has 1 aliphatic rings. The summed E-state index contributed by atoms with van der Waals surface area (Å²) < 4.78 is 18.3. The minimum Gasteiger partial charge on any atom is -0.494 e. The van der Waals surface area contributed by atoms with Gasteiger partial charge in [0, 0.05) is 17.5 Å². The van der Waals surface area contributed by atoms with Gasteiger partial charge in [0.15, 0.2) is 17.3 Å². The standard InChI is InChI=1S/C13H16FNO2/c1-15-8-13(5-6-13)12(16)9-3-4-11(17-2)10(14)7-9/h3-4,7,15H,5-6,8H2,1-2H3. The number of ketones is 1. The number of rotatable bonds is 5. The Balaban J connectivity index is 2.23. The van der Waals surface area contributed by atoms with E-state index in [2.05, 4.69) is 5.32 Å². The highest BCUT2D eigenvalue weighted by molar-refractivity contribution is 6.02. The summed E-state index contributed by atoms with van der Waals surface area (Å²) >= 11 is 0. The van der Waals surface area contributed by atoms with Crippen LogP contribution >= 0.6 is 0 Å². The predicted octanol–water partition coefficient (Wildman–Crippen LogP) is 2.02. The van der Waals surface area contributed by atoms with Gasteiger partial charge in [0.25, 0.3) is 0 Å². The molecule has 1 fully saturated rings. The van der Waals surface area contributed by atoms with Crippen LogP contribution in [0.1, 0.15) is 23.2 Å². The Kier molecular flexibility index (Phi) is 3.15. The third-order valence-corrected chi connectivity index (χ3v) is 3.26. The van der Waals surface area contributed by atoms with Crippen LogP contribution in [0, 0.1) is 11.2 Å². The molecule has 92 valence electrons. The number of carbonyl (C=O) groups excluding carboxylic acids is 1. The summed E-state index contributed by atoms with van der Waals surface area (Å²) in [6, 6.07) is 4.38. The number of hydrogen-bond acceptors (Lipinski definition) is 3. The molecule has 1 aliphatic carbocycles. The van der Waals surface area contributed by atoms with E-state index in [-0.39, 0.29) is 16.9 Å². The molecule has 4 heteroatoms. The van der Waals surface area contributed by atoms with Gasteiger partial charge in [0.2, 0.25) is 0 Å². The van der Waals surface area contributed by atoms with E-state index in [1.54, 1.807) is 6.07 Å². The van der Waals surface area contributed by atoms with Gasteiger partial charge in [-0.3, -0.25) is 4.79 Å². The smallest absolute Gasteiger partial charge is 0.170 e. The zero-order chi connectivity index (χ0) is 12.5. The molecule has 0 aliphatic heterocycles. The molecule has 2 rings (SSSR count). The molecule has 0 heterocycles. The topological polar surface area (TPSA) is 38.3 Å². The Morgan fingerprint density at radius 2 is 2.24 bits per heavy atom. The van der Waals surface area contributed by atoms with Gasteiger partial charge in [-0.05, 0) is 38.1 Å². The number of nitrogens with one attached hydrogen (secondary N) is 1. The quantitative estimate of drug-likeness (QED) is 0.796. The lowest BCUT2D eigenvalue weighted by atomic mass is 9.94. The van der Waals surface area contributed by atoms with Crippen LogP contribution in [0.25, 0.3) is 0 Å². The summed E-state index contributed by atoms with van der Waals surface area (Å²) in [6.45, 7) is 0.652. The van der Waals surface area contributed by atoms with Crippen LogP contribution in [0.15, 0.2) is 18.2 Å². The van der Waals surface area contributed by atoms with Crippen molar-refractivity contribution in [2.75, 3.05) is 20.7 Å². The van der Waals surface area contributed by atoms with Gasteiger partial charge in [0.05, 0.1) is 7.11 Å². The van der Waals surface area contributed by atoms with Crippen molar-refractivity contribution in [2.24, 2.45) is 5.41 Å². The summed E-state index contributed by atoms with van der Waals surface area (Å²) in [5.41, 5.74) is 0.117. The number of carbonyl (C=O) groups is 1. The highest BCUT2D eigenvalue weighted by Gasteiger charge is 2.49. The van der Waals surface area contributed by atoms with Crippen LogP contribution in [0.2, 0.25) is 0 Å². The minimum absolute atomic E-state index is 0.0217. The van der Waals surface area contributed by atoms with E-state index in [4.69, 9.17) is 4.74 Å². The fourth-order valence-electron chi connectivity index (χ4n) is 2.09. The lowest BCUT2D eigenvalue weighted by molar-refractivity contribution is 0.0900. The molecule has 3 nitrogen and oxygen atoms in total. The molecule has 1 aromatic carbocycles. The average Bonchev–Trinajstić information content (AvgIpc) is 3.09. The van der Waals surface area contributed by atoms with Gasteiger partial charge in [0.1, 0.15) is 0 Å². The van der Waals surface area contributed by atoms with Crippen LogP contribution in [0.4, 0.5) is 4.39 Å². The molecular weight excluding hydrogens is 221 g/mol. The van der Waals surface area contributed by atoms with Gasteiger partial charge < -0.3 is 10.1 Å². The Hall–Kier alpha value is -1.42. The lowest BCUT2D eigenvalue weighted by Gasteiger charge is -2.13. The van der Waals surface area contributed by atoms with Crippen LogP contribution in [0.3, 0.4) is 0 Å². The summed E-state index contributed by atoms with van der Waals surface area (Å²) in [6.07, 6.45) is 1.75. The minimum atomic E-state index is -0.487. The van der Waals surface area contributed by atoms with Crippen molar-refractivity contribution in [1.29, 1.82) is 0 Å². The monoisotopic (exact) mass is 237 g/mol. The number of halogens is 1. The molecular formula is C13H16FNO2. The summed E-state index contributed by atoms with van der Waals surface area (Å²) in [7, 11) is 3.23. The predicted molar refractivity (Wildman–Crippen MR) is 62.9 cm³/mol. The summed E-state index contributed by atoms with van der Waals surface area (Å²) in [5.74, 6) is -0.299. The van der Waals surface area contributed by atoms with Gasteiger partial charge in [-0.15, -0.1) is 0 Å². The molecule has 0 atom stereocenters. The fraction of sp³-hybridized carbons (Fsp3) is 0.462. The second-order valence-corrected chi connectivity index (χ2v) is 4.49. The Labute approximate surface area is 100.0 Å². The molecule has 0 unspecified atom stereocenters. The van der Waals surface area contributed by atoms with Crippen LogP contribution in [-0.4, -0.2) is 26.5 Å². The van der Waals surface area contributed by atoms with Crippen molar-refractivity contribution in [3.8, 4) is 5.75 Å². The highest BCUT2D eigenvalue weighted by atomic mass is 19.1. The number of ether oxygens (including phenoxy) is 1. The average molecular weight is 237 g/mol. The van der Waals surface area contributed by atoms with Gasteiger partial charge in [-0.2, -0.15) is 0 Å². The lowest BCUT2D eigenvalue weighted by Crippen LogP contribution is -2.28. The maximum Gasteiger partial charge on any atom is 0.170 e. The molecule has 0 amide bonds. The molecule has 0 aromatic heterocycles. The van der Waals surface area contributed by atoms with Crippen LogP contribution < -0.4 is 10.1 Å². The van der Waals surface area contributed by atoms with E-state index < -0.39 is 5.82 Å². The SMILES string of the molecule is CNCC1(C(=O)c2ccc(OC)c(F)c2)CC1. The van der Waals surface area contributed by atoms with E-state index in [1.165, 1.54) is 19.2 Å². The van der Waals surface area contributed by atoms with Gasteiger partial charge in [-0.25, -0.2) is 4.39 Å². The Bertz CT molecular complexity index is 441. The summed E-state index contributed by atoms with van der Waals surface area (Å²) in [5, 5.41) is 3.02. The normalized spacial score (nSPS) is 16.6. The molecule has 1 N–H and O–H groups in total. The first-order chi connectivity index (χ1) is 8.13. The Morgan fingerprint density at radius 3 is 2.71 bits per heavy atom. The van der Waals surface area contributed by atoms with Gasteiger partial charge >= 0.3 is 0 Å². The molecule has 1 aromatic rings. The maximum absolute atomic E-state index is 13.5. The number of hydrogen-bond donors (Lipinski definition) is 1. The van der Waals surface area contributed by atoms with Crippen LogP contribution in [0.5, 0.6) is 5.75 Å². The van der Waals surface area contributed by atoms with E-state index in [0.717, 1.165) is 12.8 Å². The van der Waals surface area contributed by atoms with Crippen molar-refractivity contribution in [2.45, 2.75) is 12.8 Å². The molecule has 0 radical (unpaired) electrons. The van der Waals surface area contributed by atoms with Crippen molar-refractivity contribution < 1.29 is 13.9 Å². The first-order valence-electron chi connectivity index (χ1n) is 5.66. The van der Waals surface area contributed by atoms with Crippen molar-refractivity contribution in [1.82, 2.24) is 5.32 Å². The number of methoxy groups -OCH3 is 1. The van der Waals surface area contributed by atoms with E-state index in [9.17, 15) is 9.18 Å². The summed E-state index contributed by atoms with van der Waals surface area (Å²) in [4.78, 5) is 12.2. The van der Waals surface area contributed by atoms with Crippen LogP contribution in [-0.2, 0) is 0 Å². The highest BCUT2D eigenvalue weighted by Crippen LogP contribution is 2.47. The van der Waals surface area contributed by atoms with Crippen molar-refractivity contribution in [3.05, 3.63) is 29.6 Å². The first kappa shape index (κ1) is 12.0. The molecule has 0 bridgehead atoms. The second-order valence-electron chi connectivity index (χ2n) is 4.49. The zero-order valence-corrected chi connectivity index (χ0v) is 10.0. The largest absolute Gasteiger partial charge is 0.494 e. The molecule has 17 heavy (non-hydrogen) atoms.